The first-order chi connectivity index (χ1) is 13.1. The van der Waals surface area contributed by atoms with Gasteiger partial charge in [0.15, 0.2) is 11.0 Å². The Balaban J connectivity index is 1.40. The van der Waals surface area contributed by atoms with E-state index in [9.17, 15) is 4.79 Å². The number of anilines is 1. The van der Waals surface area contributed by atoms with Crippen molar-refractivity contribution in [2.75, 3.05) is 11.1 Å². The lowest BCUT2D eigenvalue weighted by atomic mass is 10.1. The van der Waals surface area contributed by atoms with E-state index in [1.165, 1.54) is 29.3 Å². The molecule has 1 aliphatic rings. The highest BCUT2D eigenvalue weighted by Gasteiger charge is 2.16. The van der Waals surface area contributed by atoms with Crippen molar-refractivity contribution in [2.24, 2.45) is 7.05 Å². The fraction of sp³-hybridized carbons (Fsp3) is 0.250. The van der Waals surface area contributed by atoms with Crippen LogP contribution in [0.25, 0.3) is 11.4 Å². The van der Waals surface area contributed by atoms with Crippen LogP contribution in [0.4, 0.5) is 5.69 Å². The first-order valence-corrected chi connectivity index (χ1v) is 10.2. The van der Waals surface area contributed by atoms with Gasteiger partial charge >= 0.3 is 0 Å². The van der Waals surface area contributed by atoms with E-state index in [0.717, 1.165) is 24.1 Å². The quantitative estimate of drug-likeness (QED) is 0.649. The fourth-order valence-corrected chi connectivity index (χ4v) is 4.23. The second-order valence-electron chi connectivity index (χ2n) is 6.52. The summed E-state index contributed by atoms with van der Waals surface area (Å²) in [5, 5.41) is 12.7. The molecule has 2 aromatic carbocycles. The number of nitrogens with one attached hydrogen (secondary N) is 1. The SMILES string of the molecule is Cn1c(SCC(=O)Nc2ccc3c(c2)CCC3)nnc1-c1ccccc1Cl. The first kappa shape index (κ1) is 18.1. The number of carbonyl (C=O) groups excluding carboxylic acids is 1. The van der Waals surface area contributed by atoms with Crippen molar-refractivity contribution in [3.05, 3.63) is 58.6 Å². The fourth-order valence-electron chi connectivity index (χ4n) is 3.29. The average molecular weight is 399 g/mol. The van der Waals surface area contributed by atoms with Gasteiger partial charge < -0.3 is 9.88 Å². The number of carbonyl (C=O) groups is 1. The third-order valence-corrected chi connectivity index (χ3v) is 6.01. The van der Waals surface area contributed by atoms with Gasteiger partial charge in [0, 0.05) is 18.3 Å². The molecule has 1 amide bonds. The van der Waals surface area contributed by atoms with E-state index in [2.05, 4.69) is 27.6 Å². The van der Waals surface area contributed by atoms with Crippen LogP contribution in [0.2, 0.25) is 5.02 Å². The van der Waals surface area contributed by atoms with Crippen LogP contribution in [-0.4, -0.2) is 26.4 Å². The van der Waals surface area contributed by atoms with E-state index in [1.807, 2.05) is 41.9 Å². The Bertz CT molecular complexity index is 1000. The predicted octanol–water partition coefficient (Wildman–Crippen LogP) is 4.36. The molecule has 1 heterocycles. The molecule has 4 rings (SSSR count). The summed E-state index contributed by atoms with van der Waals surface area (Å²) < 4.78 is 1.86. The number of aryl methyl sites for hydroxylation is 2. The number of amides is 1. The van der Waals surface area contributed by atoms with Crippen LogP contribution in [0.3, 0.4) is 0 Å². The van der Waals surface area contributed by atoms with Crippen LogP contribution in [-0.2, 0) is 24.7 Å². The van der Waals surface area contributed by atoms with Crippen LogP contribution < -0.4 is 5.32 Å². The number of nitrogens with zero attached hydrogens (tertiary/aromatic N) is 3. The summed E-state index contributed by atoms with van der Waals surface area (Å²) in [6.07, 6.45) is 3.43. The number of fused-ring (bicyclic) bond motifs is 1. The zero-order chi connectivity index (χ0) is 18.8. The smallest absolute Gasteiger partial charge is 0.234 e. The number of rotatable bonds is 5. The lowest BCUT2D eigenvalue weighted by Crippen LogP contribution is -2.14. The molecule has 5 nitrogen and oxygen atoms in total. The first-order valence-electron chi connectivity index (χ1n) is 8.80. The Morgan fingerprint density at radius 2 is 2.00 bits per heavy atom. The molecule has 0 saturated heterocycles. The van der Waals surface area contributed by atoms with E-state index in [4.69, 9.17) is 11.6 Å². The van der Waals surface area contributed by atoms with Crippen molar-refractivity contribution in [1.29, 1.82) is 0 Å². The third-order valence-electron chi connectivity index (χ3n) is 4.66. The van der Waals surface area contributed by atoms with Crippen LogP contribution in [0.5, 0.6) is 0 Å². The highest BCUT2D eigenvalue weighted by atomic mass is 35.5. The molecular formula is C20H19ClN4OS. The van der Waals surface area contributed by atoms with Gasteiger partial charge in [-0.05, 0) is 54.7 Å². The molecule has 0 fully saturated rings. The Kier molecular flexibility index (Phi) is 5.18. The molecule has 138 valence electrons. The van der Waals surface area contributed by atoms with Gasteiger partial charge in [-0.2, -0.15) is 0 Å². The van der Waals surface area contributed by atoms with Crippen molar-refractivity contribution in [2.45, 2.75) is 24.4 Å². The number of hydrogen-bond donors (Lipinski definition) is 1. The highest BCUT2D eigenvalue weighted by Crippen LogP contribution is 2.28. The highest BCUT2D eigenvalue weighted by molar-refractivity contribution is 7.99. The van der Waals surface area contributed by atoms with Gasteiger partial charge in [0.1, 0.15) is 0 Å². The Morgan fingerprint density at radius 3 is 2.85 bits per heavy atom. The molecule has 0 radical (unpaired) electrons. The van der Waals surface area contributed by atoms with Crippen LogP contribution in [0.1, 0.15) is 17.5 Å². The molecular weight excluding hydrogens is 380 g/mol. The molecule has 0 aliphatic heterocycles. The monoisotopic (exact) mass is 398 g/mol. The number of benzene rings is 2. The summed E-state index contributed by atoms with van der Waals surface area (Å²) in [7, 11) is 1.87. The Labute approximate surface area is 167 Å². The van der Waals surface area contributed by atoms with Crippen molar-refractivity contribution in [3.63, 3.8) is 0 Å². The summed E-state index contributed by atoms with van der Waals surface area (Å²) in [4.78, 5) is 12.3. The normalized spacial score (nSPS) is 12.8. The molecule has 7 heteroatoms. The second-order valence-corrected chi connectivity index (χ2v) is 7.87. The van der Waals surface area contributed by atoms with E-state index in [-0.39, 0.29) is 11.7 Å². The maximum absolute atomic E-state index is 12.3. The van der Waals surface area contributed by atoms with Crippen molar-refractivity contribution in [3.8, 4) is 11.4 Å². The summed E-state index contributed by atoms with van der Waals surface area (Å²) in [5.74, 6) is 0.897. The number of hydrogen-bond acceptors (Lipinski definition) is 4. The molecule has 0 saturated carbocycles. The lowest BCUT2D eigenvalue weighted by molar-refractivity contribution is -0.113. The van der Waals surface area contributed by atoms with E-state index in [1.54, 1.807) is 0 Å². The van der Waals surface area contributed by atoms with Gasteiger partial charge in [-0.3, -0.25) is 4.79 Å². The van der Waals surface area contributed by atoms with Gasteiger partial charge in [0.25, 0.3) is 0 Å². The third kappa shape index (κ3) is 3.87. The van der Waals surface area contributed by atoms with Gasteiger partial charge in [0.2, 0.25) is 5.91 Å². The molecule has 1 aliphatic carbocycles. The van der Waals surface area contributed by atoms with E-state index in [0.29, 0.717) is 16.0 Å². The van der Waals surface area contributed by atoms with E-state index < -0.39 is 0 Å². The van der Waals surface area contributed by atoms with Crippen molar-refractivity contribution >= 4 is 35.0 Å². The minimum absolute atomic E-state index is 0.0553. The van der Waals surface area contributed by atoms with Crippen molar-refractivity contribution < 1.29 is 4.79 Å². The summed E-state index contributed by atoms with van der Waals surface area (Å²) in [6, 6.07) is 13.7. The largest absolute Gasteiger partial charge is 0.325 e. The van der Waals surface area contributed by atoms with Gasteiger partial charge in [-0.15, -0.1) is 10.2 Å². The summed E-state index contributed by atoms with van der Waals surface area (Å²) in [5.41, 5.74) is 4.42. The molecule has 1 aromatic heterocycles. The zero-order valence-corrected chi connectivity index (χ0v) is 16.5. The zero-order valence-electron chi connectivity index (χ0n) is 14.9. The molecule has 0 bridgehead atoms. The predicted molar refractivity (Wildman–Crippen MR) is 109 cm³/mol. The standard InChI is InChI=1S/C20H19ClN4OS/c1-25-19(16-7-2-3-8-17(16)21)23-24-20(25)27-12-18(26)22-15-10-9-13-5-4-6-14(13)11-15/h2-3,7-11H,4-6,12H2,1H3,(H,22,26). The Hall–Kier alpha value is -2.31. The maximum Gasteiger partial charge on any atom is 0.234 e. The summed E-state index contributed by atoms with van der Waals surface area (Å²) >= 11 is 7.60. The number of thioether (sulfide) groups is 1. The topological polar surface area (TPSA) is 59.8 Å². The van der Waals surface area contributed by atoms with Gasteiger partial charge in [0.05, 0.1) is 10.8 Å². The molecule has 0 atom stereocenters. The van der Waals surface area contributed by atoms with Crippen LogP contribution in [0, 0.1) is 0 Å². The molecule has 0 unspecified atom stereocenters. The van der Waals surface area contributed by atoms with Crippen LogP contribution >= 0.6 is 23.4 Å². The Morgan fingerprint density at radius 1 is 1.19 bits per heavy atom. The molecule has 1 N–H and O–H groups in total. The molecule has 0 spiro atoms. The van der Waals surface area contributed by atoms with Gasteiger partial charge in [-0.1, -0.05) is 41.6 Å². The minimum atomic E-state index is -0.0553. The lowest BCUT2D eigenvalue weighted by Gasteiger charge is -2.08. The minimum Gasteiger partial charge on any atom is -0.325 e. The summed E-state index contributed by atoms with van der Waals surface area (Å²) in [6.45, 7) is 0. The maximum atomic E-state index is 12.3. The molecule has 27 heavy (non-hydrogen) atoms. The molecule has 3 aromatic rings. The van der Waals surface area contributed by atoms with Crippen molar-refractivity contribution in [1.82, 2.24) is 14.8 Å². The van der Waals surface area contributed by atoms with Crippen LogP contribution in [0.15, 0.2) is 47.6 Å². The second kappa shape index (κ2) is 7.74. The number of aromatic nitrogens is 3. The number of halogens is 1. The van der Waals surface area contributed by atoms with Gasteiger partial charge in [-0.25, -0.2) is 0 Å². The van der Waals surface area contributed by atoms with E-state index >= 15 is 0 Å². The average Bonchev–Trinajstić information content (AvgIpc) is 3.27.